The first-order chi connectivity index (χ1) is 13.8. The summed E-state index contributed by atoms with van der Waals surface area (Å²) in [5, 5.41) is 20.1. The molecule has 0 amide bonds. The Morgan fingerprint density at radius 3 is 2.59 bits per heavy atom. The highest BCUT2D eigenvalue weighted by Gasteiger charge is 2.47. The fourth-order valence-corrected chi connectivity index (χ4v) is 3.87. The van der Waals surface area contributed by atoms with E-state index in [0.29, 0.717) is 28.5 Å². The van der Waals surface area contributed by atoms with Crippen LogP contribution < -0.4 is 4.74 Å². The monoisotopic (exact) mass is 418 g/mol. The Kier molecular flexibility index (Phi) is 7.68. The molecule has 2 rings (SSSR count). The molecule has 5 nitrogen and oxygen atoms in total. The first-order valence-corrected chi connectivity index (χ1v) is 10.1. The van der Waals surface area contributed by atoms with E-state index >= 15 is 0 Å². The van der Waals surface area contributed by atoms with Crippen molar-refractivity contribution in [1.82, 2.24) is 0 Å². The van der Waals surface area contributed by atoms with Gasteiger partial charge in [-0.2, -0.15) is 0 Å². The predicted octanol–water partition coefficient (Wildman–Crippen LogP) is 5.30. The van der Waals surface area contributed by atoms with Crippen molar-refractivity contribution in [2.75, 3.05) is 6.61 Å². The van der Waals surface area contributed by atoms with E-state index in [2.05, 4.69) is 13.5 Å². The van der Waals surface area contributed by atoms with Gasteiger partial charge in [0, 0.05) is 16.5 Å². The van der Waals surface area contributed by atoms with E-state index in [1.165, 1.54) is 12.2 Å². The van der Waals surface area contributed by atoms with Gasteiger partial charge in [0.2, 0.25) is 0 Å². The van der Waals surface area contributed by atoms with Gasteiger partial charge in [-0.25, -0.2) is 4.79 Å². The zero-order valence-corrected chi connectivity index (χ0v) is 17.5. The average molecular weight is 419 g/mol. The quantitative estimate of drug-likeness (QED) is 0.504. The molecule has 1 aromatic rings. The minimum absolute atomic E-state index is 0.0388. The molecule has 2 N–H and O–H groups in total. The Hall–Kier alpha value is -2.53. The third-order valence-electron chi connectivity index (χ3n) is 5.45. The van der Waals surface area contributed by atoms with Crippen LogP contribution in [0.1, 0.15) is 38.7 Å². The second-order valence-electron chi connectivity index (χ2n) is 7.26. The van der Waals surface area contributed by atoms with Crippen LogP contribution in [0.15, 0.2) is 54.2 Å². The van der Waals surface area contributed by atoms with Crippen molar-refractivity contribution in [1.29, 1.82) is 0 Å². The Morgan fingerprint density at radius 2 is 2.03 bits per heavy atom. The number of carboxylic acid groups (broad SMARTS) is 2. The van der Waals surface area contributed by atoms with Crippen LogP contribution in [-0.4, -0.2) is 28.8 Å². The molecule has 2 atom stereocenters. The fourth-order valence-electron chi connectivity index (χ4n) is 3.63. The Labute approximate surface area is 176 Å². The average Bonchev–Trinajstić information content (AvgIpc) is 2.67. The first-order valence-electron chi connectivity index (χ1n) is 9.70. The van der Waals surface area contributed by atoms with Gasteiger partial charge in [-0.3, -0.25) is 4.79 Å². The highest BCUT2D eigenvalue weighted by Crippen LogP contribution is 2.44. The van der Waals surface area contributed by atoms with E-state index in [0.717, 1.165) is 19.3 Å². The molecule has 1 aliphatic rings. The van der Waals surface area contributed by atoms with Crippen LogP contribution in [0.3, 0.4) is 0 Å². The van der Waals surface area contributed by atoms with Gasteiger partial charge >= 0.3 is 11.9 Å². The van der Waals surface area contributed by atoms with Gasteiger partial charge in [0.1, 0.15) is 5.75 Å². The molecule has 0 spiro atoms. The maximum absolute atomic E-state index is 12.3. The molecule has 0 saturated heterocycles. The van der Waals surface area contributed by atoms with Crippen molar-refractivity contribution in [3.8, 4) is 5.75 Å². The van der Waals surface area contributed by atoms with Crippen molar-refractivity contribution in [3.63, 3.8) is 0 Å². The molecule has 0 bridgehead atoms. The van der Waals surface area contributed by atoms with E-state index in [1.807, 2.05) is 0 Å². The topological polar surface area (TPSA) is 83.8 Å². The summed E-state index contributed by atoms with van der Waals surface area (Å²) >= 11 is 6.42. The molecule has 1 aromatic carbocycles. The second-order valence-corrected chi connectivity index (χ2v) is 7.67. The number of hydrogen-bond donors (Lipinski definition) is 2. The van der Waals surface area contributed by atoms with Crippen LogP contribution in [0.4, 0.5) is 0 Å². The molecule has 156 valence electrons. The van der Waals surface area contributed by atoms with Crippen LogP contribution in [0, 0.1) is 11.3 Å². The number of unbranched alkanes of at least 4 members (excludes halogenated alkanes) is 2. The van der Waals surface area contributed by atoms with Gasteiger partial charge in [-0.15, -0.1) is 0 Å². The summed E-state index contributed by atoms with van der Waals surface area (Å²) in [6, 6.07) is 5.19. The largest absolute Gasteiger partial charge is 0.494 e. The molecule has 0 aromatic heterocycles. The summed E-state index contributed by atoms with van der Waals surface area (Å²) in [5.41, 5.74) is -0.341. The Bertz CT molecular complexity index is 855. The van der Waals surface area contributed by atoms with Gasteiger partial charge in [-0.1, -0.05) is 69.2 Å². The predicted molar refractivity (Wildman–Crippen MR) is 113 cm³/mol. The number of halogens is 1. The number of allylic oxidation sites excluding steroid dienone is 3. The molecule has 0 heterocycles. The molecule has 29 heavy (non-hydrogen) atoms. The van der Waals surface area contributed by atoms with E-state index < -0.39 is 23.3 Å². The van der Waals surface area contributed by atoms with Crippen molar-refractivity contribution < 1.29 is 24.5 Å². The molecule has 0 saturated carbocycles. The Morgan fingerprint density at radius 1 is 1.31 bits per heavy atom. The summed E-state index contributed by atoms with van der Waals surface area (Å²) in [4.78, 5) is 24.1. The van der Waals surface area contributed by atoms with Crippen LogP contribution in [0.25, 0.3) is 0 Å². The summed E-state index contributed by atoms with van der Waals surface area (Å²) in [6.07, 6.45) is 7.71. The summed E-state index contributed by atoms with van der Waals surface area (Å²) in [7, 11) is 0. The van der Waals surface area contributed by atoms with Crippen LogP contribution in [0.2, 0.25) is 5.02 Å². The smallest absolute Gasteiger partial charge is 0.332 e. The number of ether oxygens (including phenoxy) is 1. The van der Waals surface area contributed by atoms with Crippen LogP contribution in [0.5, 0.6) is 5.75 Å². The number of carbonyl (C=O) groups is 2. The molecule has 0 aliphatic heterocycles. The molecule has 6 heteroatoms. The number of benzene rings is 1. The van der Waals surface area contributed by atoms with Crippen molar-refractivity contribution in [2.45, 2.75) is 39.5 Å². The number of aliphatic carboxylic acids is 2. The minimum Gasteiger partial charge on any atom is -0.494 e. The van der Waals surface area contributed by atoms with E-state index in [1.54, 1.807) is 31.2 Å². The molecular formula is C23H27ClO5. The van der Waals surface area contributed by atoms with Crippen molar-refractivity contribution in [2.24, 2.45) is 11.3 Å². The third-order valence-corrected chi connectivity index (χ3v) is 5.80. The highest BCUT2D eigenvalue weighted by molar-refractivity contribution is 6.31. The molecule has 1 aliphatic carbocycles. The zero-order chi connectivity index (χ0) is 21.6. The van der Waals surface area contributed by atoms with Crippen LogP contribution in [-0.2, 0) is 16.0 Å². The normalized spacial score (nSPS) is 21.1. The number of carboxylic acids is 2. The second kappa shape index (κ2) is 9.79. The fraction of sp³-hybridized carbons (Fsp3) is 0.391. The minimum atomic E-state index is -1.42. The zero-order valence-electron chi connectivity index (χ0n) is 16.8. The molecule has 0 radical (unpaired) electrons. The third kappa shape index (κ3) is 4.91. The van der Waals surface area contributed by atoms with Crippen molar-refractivity contribution in [3.05, 3.63) is 64.7 Å². The summed E-state index contributed by atoms with van der Waals surface area (Å²) < 4.78 is 5.69. The highest BCUT2D eigenvalue weighted by atomic mass is 35.5. The SMILES string of the molecule is C=CC1=C(C(=O)O)C(C)C(Cc2ccc(OCCCCC)cc2Cl)(C(=O)O)C=C1. The lowest BCUT2D eigenvalue weighted by molar-refractivity contribution is -0.148. The first kappa shape index (κ1) is 22.8. The maximum Gasteiger partial charge on any atom is 0.332 e. The van der Waals surface area contributed by atoms with Gasteiger partial charge in [0.25, 0.3) is 0 Å². The summed E-state index contributed by atoms with van der Waals surface area (Å²) in [6.45, 7) is 7.96. The van der Waals surface area contributed by atoms with Crippen LogP contribution >= 0.6 is 11.6 Å². The van der Waals surface area contributed by atoms with E-state index in [4.69, 9.17) is 16.3 Å². The lowest BCUT2D eigenvalue weighted by Crippen LogP contribution is -2.42. The van der Waals surface area contributed by atoms with Gasteiger partial charge < -0.3 is 14.9 Å². The van der Waals surface area contributed by atoms with Gasteiger partial charge in [0.05, 0.1) is 12.0 Å². The lowest BCUT2D eigenvalue weighted by Gasteiger charge is -2.36. The van der Waals surface area contributed by atoms with E-state index in [-0.39, 0.29) is 12.0 Å². The molecule has 0 fully saturated rings. The summed E-state index contributed by atoms with van der Waals surface area (Å²) in [5.74, 6) is -2.38. The van der Waals surface area contributed by atoms with Gasteiger partial charge in [0.15, 0.2) is 0 Å². The molecular weight excluding hydrogens is 392 g/mol. The van der Waals surface area contributed by atoms with Crippen molar-refractivity contribution >= 4 is 23.5 Å². The molecule has 2 unspecified atom stereocenters. The standard InChI is InChI=1S/C23H27ClO5/c1-4-6-7-12-29-18-9-8-17(19(24)13-18)14-23(22(27)28)11-10-16(5-2)20(15(23)3)21(25)26/h5,8-11,13,15H,2,4,6-7,12,14H2,1,3H3,(H,25,26)(H,27,28). The Balaban J connectivity index is 2.31. The maximum atomic E-state index is 12.3. The van der Waals surface area contributed by atoms with Gasteiger partial charge in [-0.05, 0) is 36.1 Å². The number of rotatable bonds is 10. The lowest BCUT2D eigenvalue weighted by atomic mass is 9.65. The number of hydrogen-bond acceptors (Lipinski definition) is 3. The van der Waals surface area contributed by atoms with E-state index in [9.17, 15) is 19.8 Å².